The lowest BCUT2D eigenvalue weighted by Gasteiger charge is -2.25. The van der Waals surface area contributed by atoms with Crippen LogP contribution in [0.4, 0.5) is 22.3 Å². The Kier molecular flexibility index (Phi) is 7.03. The van der Waals surface area contributed by atoms with Crippen LogP contribution in [0, 0.1) is 0 Å². The van der Waals surface area contributed by atoms with Gasteiger partial charge in [0.15, 0.2) is 16.6 Å². The molecule has 0 radical (unpaired) electrons. The fourth-order valence-electron chi connectivity index (χ4n) is 3.83. The molecule has 1 atom stereocenters. The monoisotopic (exact) mass is 552 g/mol. The molecule has 0 aliphatic carbocycles. The van der Waals surface area contributed by atoms with E-state index in [9.17, 15) is 9.59 Å². The number of nitrogens with zero attached hydrogens (tertiary/aromatic N) is 2. The van der Waals surface area contributed by atoms with Gasteiger partial charge in [0.1, 0.15) is 21.7 Å². The molecule has 1 saturated heterocycles. The Balaban J connectivity index is 1.34. The summed E-state index contributed by atoms with van der Waals surface area (Å²) in [4.78, 5) is 33.3. The average Bonchev–Trinajstić information content (AvgIpc) is 3.52. The maximum atomic E-state index is 12.3. The molecule has 0 bridgehead atoms. The molecule has 1 unspecified atom stereocenters. The predicted molar refractivity (Wildman–Crippen MR) is 148 cm³/mol. The van der Waals surface area contributed by atoms with Crippen LogP contribution in [0.25, 0.3) is 21.1 Å². The predicted octanol–water partition coefficient (Wildman–Crippen LogP) is 4.11. The number of anilines is 4. The Labute approximate surface area is 226 Å². The van der Waals surface area contributed by atoms with Gasteiger partial charge in [-0.1, -0.05) is 23.5 Å². The van der Waals surface area contributed by atoms with E-state index in [0.29, 0.717) is 39.6 Å². The number of hydrogen-bond acceptors (Lipinski definition) is 11. The van der Waals surface area contributed by atoms with E-state index < -0.39 is 6.04 Å². The molecule has 4 aromatic rings. The number of hydrogen-bond donors (Lipinski definition) is 4. The van der Waals surface area contributed by atoms with Crippen molar-refractivity contribution in [3.63, 3.8) is 0 Å². The smallest absolute Gasteiger partial charge is 0.247 e. The molecule has 38 heavy (non-hydrogen) atoms. The van der Waals surface area contributed by atoms with Crippen LogP contribution >= 0.6 is 22.7 Å². The van der Waals surface area contributed by atoms with Crippen molar-refractivity contribution >= 4 is 56.8 Å². The summed E-state index contributed by atoms with van der Waals surface area (Å²) in [6.07, 6.45) is 0.202. The van der Waals surface area contributed by atoms with Gasteiger partial charge in [0.25, 0.3) is 0 Å². The second-order valence-corrected chi connectivity index (χ2v) is 10.1. The summed E-state index contributed by atoms with van der Waals surface area (Å²) in [7, 11) is 4.65. The number of ether oxygens (including phenoxy) is 3. The third-order valence-electron chi connectivity index (χ3n) is 5.73. The maximum Gasteiger partial charge on any atom is 0.247 e. The van der Waals surface area contributed by atoms with Crippen LogP contribution in [0.3, 0.4) is 0 Å². The highest BCUT2D eigenvalue weighted by Crippen LogP contribution is 2.43. The highest BCUT2D eigenvalue weighted by molar-refractivity contribution is 7.23. The Morgan fingerprint density at radius 2 is 1.82 bits per heavy atom. The minimum Gasteiger partial charge on any atom is -0.493 e. The number of thiazole rings is 2. The van der Waals surface area contributed by atoms with Gasteiger partial charge in [0.2, 0.25) is 17.6 Å². The average molecular weight is 553 g/mol. The van der Waals surface area contributed by atoms with Crippen LogP contribution in [-0.4, -0.2) is 49.2 Å². The number of aromatic nitrogens is 2. The van der Waals surface area contributed by atoms with Gasteiger partial charge in [-0.05, 0) is 12.1 Å². The van der Waals surface area contributed by atoms with E-state index in [0.717, 1.165) is 21.1 Å². The summed E-state index contributed by atoms with van der Waals surface area (Å²) in [5.74, 6) is 1.51. The fourth-order valence-corrected chi connectivity index (χ4v) is 5.66. The van der Waals surface area contributed by atoms with Crippen LogP contribution in [-0.2, 0) is 9.59 Å². The minimum absolute atomic E-state index is 0.127. The molecule has 2 amide bonds. The van der Waals surface area contributed by atoms with Crippen LogP contribution in [0.1, 0.15) is 6.42 Å². The first-order chi connectivity index (χ1) is 18.4. The van der Waals surface area contributed by atoms with E-state index in [1.54, 1.807) is 39.5 Å². The van der Waals surface area contributed by atoms with Gasteiger partial charge >= 0.3 is 0 Å². The lowest BCUT2D eigenvalue weighted by Crippen LogP contribution is -2.55. The number of rotatable bonds is 9. The Morgan fingerprint density at radius 3 is 2.47 bits per heavy atom. The molecule has 2 aromatic heterocycles. The number of nitrogen functional groups attached to an aromatic ring is 1. The Morgan fingerprint density at radius 1 is 1.08 bits per heavy atom. The summed E-state index contributed by atoms with van der Waals surface area (Å²) < 4.78 is 16.2. The van der Waals surface area contributed by atoms with Gasteiger partial charge in [0, 0.05) is 34.5 Å². The van der Waals surface area contributed by atoms with Crippen molar-refractivity contribution in [2.24, 2.45) is 0 Å². The van der Waals surface area contributed by atoms with E-state index in [-0.39, 0.29) is 18.2 Å². The molecule has 196 valence electrons. The molecular formula is C25H24N6O5S2. The van der Waals surface area contributed by atoms with Crippen LogP contribution in [0.15, 0.2) is 41.8 Å². The molecule has 5 N–H and O–H groups in total. The number of methoxy groups -OCH3 is 3. The third kappa shape index (κ3) is 5.06. The number of amides is 2. The lowest BCUT2D eigenvalue weighted by atomic mass is 10.1. The van der Waals surface area contributed by atoms with Crippen molar-refractivity contribution < 1.29 is 23.8 Å². The van der Waals surface area contributed by atoms with Crippen LogP contribution in [0.5, 0.6) is 17.2 Å². The Hall–Kier alpha value is -4.36. The molecule has 13 heteroatoms. The second-order valence-electron chi connectivity index (χ2n) is 8.20. The molecule has 1 aliphatic rings. The molecular weight excluding hydrogens is 528 g/mol. The normalized spacial score (nSPS) is 14.3. The summed E-state index contributed by atoms with van der Waals surface area (Å²) in [5.41, 5.74) is 9.14. The van der Waals surface area contributed by atoms with E-state index in [4.69, 9.17) is 24.9 Å². The molecule has 3 heterocycles. The first-order valence-corrected chi connectivity index (χ1v) is 13.1. The zero-order valence-corrected chi connectivity index (χ0v) is 22.3. The molecule has 11 nitrogen and oxygen atoms in total. The van der Waals surface area contributed by atoms with Gasteiger partial charge < -0.3 is 35.9 Å². The number of nitrogens with one attached hydrogen (secondary N) is 3. The van der Waals surface area contributed by atoms with Crippen molar-refractivity contribution in [2.45, 2.75) is 12.5 Å². The third-order valence-corrected chi connectivity index (χ3v) is 7.72. The second kappa shape index (κ2) is 10.6. The van der Waals surface area contributed by atoms with Crippen LogP contribution < -0.4 is 35.9 Å². The van der Waals surface area contributed by atoms with Gasteiger partial charge in [-0.15, -0.1) is 11.3 Å². The van der Waals surface area contributed by atoms with Crippen LogP contribution in [0.2, 0.25) is 0 Å². The van der Waals surface area contributed by atoms with E-state index in [1.807, 2.05) is 23.6 Å². The topological polar surface area (TPSA) is 150 Å². The molecule has 0 saturated carbocycles. The highest BCUT2D eigenvalue weighted by Gasteiger charge is 2.31. The van der Waals surface area contributed by atoms with Gasteiger partial charge in [-0.25, -0.2) is 9.97 Å². The SMILES string of the molecule is COc1cc(Nc2nc(N)c(-c3nc(-c4cccc(NC(=O)C5CC(=O)N5)c4)cs3)s2)cc(OC)c1OC. The lowest BCUT2D eigenvalue weighted by molar-refractivity contribution is -0.134. The number of nitrogens with two attached hydrogens (primary N) is 1. The van der Waals surface area contributed by atoms with Gasteiger partial charge in [-0.2, -0.15) is 0 Å². The van der Waals surface area contributed by atoms with Crippen molar-refractivity contribution in [1.29, 1.82) is 0 Å². The summed E-state index contributed by atoms with van der Waals surface area (Å²) in [5, 5.41) is 11.9. The van der Waals surface area contributed by atoms with Crippen molar-refractivity contribution in [1.82, 2.24) is 15.3 Å². The number of carbonyl (C=O) groups is 2. The number of carbonyl (C=O) groups excluding carboxylic acids is 2. The van der Waals surface area contributed by atoms with Crippen molar-refractivity contribution in [3.8, 4) is 38.4 Å². The maximum absolute atomic E-state index is 12.3. The fraction of sp³-hybridized carbons (Fsp3) is 0.200. The largest absolute Gasteiger partial charge is 0.493 e. The highest BCUT2D eigenvalue weighted by atomic mass is 32.1. The first kappa shape index (κ1) is 25.3. The number of β-lactam (4-membered cyclic amide) rings is 1. The van der Waals surface area contributed by atoms with Crippen molar-refractivity contribution in [3.05, 3.63) is 41.8 Å². The first-order valence-electron chi connectivity index (χ1n) is 11.4. The Bertz CT molecular complexity index is 1480. The van der Waals surface area contributed by atoms with Gasteiger partial charge in [-0.3, -0.25) is 9.59 Å². The molecule has 1 fully saturated rings. The minimum atomic E-state index is -0.491. The zero-order valence-electron chi connectivity index (χ0n) is 20.7. The quantitative estimate of drug-likeness (QED) is 0.225. The standard InChI is InChI=1S/C25H24N6O5S2/c1-34-17-8-14(9-18(35-2)20(17)36-3)28-25-31-22(26)21(38-25)24-30-16(11-37-24)12-5-4-6-13(7-12)27-23(33)15-10-19(32)29-15/h4-9,11,15H,10,26H2,1-3H3,(H,27,33)(H,28,31)(H,29,32). The zero-order chi connectivity index (χ0) is 26.8. The number of benzene rings is 2. The molecule has 2 aromatic carbocycles. The summed E-state index contributed by atoms with van der Waals surface area (Å²) in [6, 6.07) is 10.4. The van der Waals surface area contributed by atoms with E-state index in [1.165, 1.54) is 22.7 Å². The summed E-state index contributed by atoms with van der Waals surface area (Å²) in [6.45, 7) is 0. The molecule has 5 rings (SSSR count). The summed E-state index contributed by atoms with van der Waals surface area (Å²) >= 11 is 2.82. The van der Waals surface area contributed by atoms with E-state index >= 15 is 0 Å². The molecule has 1 aliphatic heterocycles. The molecule has 0 spiro atoms. The van der Waals surface area contributed by atoms with Gasteiger partial charge in [0.05, 0.1) is 33.4 Å². The van der Waals surface area contributed by atoms with Crippen molar-refractivity contribution in [2.75, 3.05) is 37.7 Å². The van der Waals surface area contributed by atoms with E-state index in [2.05, 4.69) is 20.9 Å².